The molecule has 0 unspecified atom stereocenters. The Morgan fingerprint density at radius 2 is 2.18 bits per heavy atom. The van der Waals surface area contributed by atoms with Gasteiger partial charge in [-0.25, -0.2) is 0 Å². The quantitative estimate of drug-likeness (QED) is 0.477. The Morgan fingerprint density at radius 1 is 1.41 bits per heavy atom. The highest BCUT2D eigenvalue weighted by atomic mass is 32.2. The standard InChI is InChI=1S/C17H21NO3S/c1-3-9-18-17(20)12(2)21-16(19)11-22-15-8-7-13-5-4-6-14(13)10-15/h3,7-8,10,12H,1,4-6,9,11H2,2H3,(H,18,20)/t12-/m0/s1. The van der Waals surface area contributed by atoms with Crippen molar-refractivity contribution in [2.75, 3.05) is 12.3 Å². The lowest BCUT2D eigenvalue weighted by Crippen LogP contribution is -2.36. The summed E-state index contributed by atoms with van der Waals surface area (Å²) in [7, 11) is 0. The van der Waals surface area contributed by atoms with Gasteiger partial charge in [-0.1, -0.05) is 12.1 Å². The summed E-state index contributed by atoms with van der Waals surface area (Å²) < 4.78 is 5.12. The molecule has 0 fully saturated rings. The minimum Gasteiger partial charge on any atom is -0.452 e. The van der Waals surface area contributed by atoms with Crippen molar-refractivity contribution < 1.29 is 14.3 Å². The maximum absolute atomic E-state index is 11.8. The number of carbonyl (C=O) groups is 2. The molecule has 1 aliphatic carbocycles. The smallest absolute Gasteiger partial charge is 0.317 e. The second-order valence-corrected chi connectivity index (χ2v) is 6.29. The molecule has 22 heavy (non-hydrogen) atoms. The number of rotatable bonds is 7. The van der Waals surface area contributed by atoms with E-state index < -0.39 is 6.10 Å². The minimum atomic E-state index is -0.784. The van der Waals surface area contributed by atoms with Crippen LogP contribution in [-0.4, -0.2) is 30.3 Å². The van der Waals surface area contributed by atoms with E-state index in [0.29, 0.717) is 6.54 Å². The Kier molecular flexibility index (Phi) is 6.07. The van der Waals surface area contributed by atoms with Gasteiger partial charge in [-0.15, -0.1) is 18.3 Å². The van der Waals surface area contributed by atoms with E-state index in [4.69, 9.17) is 4.74 Å². The first-order valence-corrected chi connectivity index (χ1v) is 8.41. The van der Waals surface area contributed by atoms with Crippen molar-refractivity contribution in [3.05, 3.63) is 42.0 Å². The van der Waals surface area contributed by atoms with Crippen LogP contribution in [0.15, 0.2) is 35.7 Å². The maximum atomic E-state index is 11.8. The number of esters is 1. The normalized spacial score (nSPS) is 14.0. The number of benzene rings is 1. The summed E-state index contributed by atoms with van der Waals surface area (Å²) in [6, 6.07) is 6.34. The van der Waals surface area contributed by atoms with E-state index in [1.165, 1.54) is 29.3 Å². The zero-order valence-electron chi connectivity index (χ0n) is 12.8. The molecule has 0 saturated heterocycles. The van der Waals surface area contributed by atoms with Gasteiger partial charge in [0.25, 0.3) is 5.91 Å². The molecule has 0 heterocycles. The molecule has 0 spiro atoms. The summed E-state index contributed by atoms with van der Waals surface area (Å²) >= 11 is 1.44. The Morgan fingerprint density at radius 3 is 2.95 bits per heavy atom. The summed E-state index contributed by atoms with van der Waals surface area (Å²) in [5.41, 5.74) is 2.80. The Balaban J connectivity index is 1.77. The lowest BCUT2D eigenvalue weighted by molar-refractivity contribution is -0.152. The van der Waals surface area contributed by atoms with Crippen molar-refractivity contribution in [2.24, 2.45) is 0 Å². The van der Waals surface area contributed by atoms with Crippen molar-refractivity contribution in [1.29, 1.82) is 0 Å². The number of thioether (sulfide) groups is 1. The number of hydrogen-bond acceptors (Lipinski definition) is 4. The molecule has 2 rings (SSSR count). The highest BCUT2D eigenvalue weighted by molar-refractivity contribution is 8.00. The summed E-state index contributed by atoms with van der Waals surface area (Å²) in [4.78, 5) is 24.5. The molecule has 1 aromatic rings. The van der Waals surface area contributed by atoms with Crippen molar-refractivity contribution in [2.45, 2.75) is 37.2 Å². The fraction of sp³-hybridized carbons (Fsp3) is 0.412. The molecule has 1 atom stereocenters. The predicted molar refractivity (Wildman–Crippen MR) is 88.0 cm³/mol. The number of carbonyl (C=O) groups excluding carboxylic acids is 2. The zero-order valence-corrected chi connectivity index (χ0v) is 13.6. The van der Waals surface area contributed by atoms with E-state index in [9.17, 15) is 9.59 Å². The average Bonchev–Trinajstić information content (AvgIpc) is 2.98. The van der Waals surface area contributed by atoms with Crippen LogP contribution in [0.5, 0.6) is 0 Å². The highest BCUT2D eigenvalue weighted by Crippen LogP contribution is 2.27. The van der Waals surface area contributed by atoms with E-state index in [1.54, 1.807) is 13.0 Å². The van der Waals surface area contributed by atoms with Gasteiger partial charge in [0.15, 0.2) is 6.10 Å². The maximum Gasteiger partial charge on any atom is 0.317 e. The molecule has 4 nitrogen and oxygen atoms in total. The molecule has 1 aromatic carbocycles. The molecular weight excluding hydrogens is 298 g/mol. The van der Waals surface area contributed by atoms with Crippen molar-refractivity contribution in [1.82, 2.24) is 5.32 Å². The highest BCUT2D eigenvalue weighted by Gasteiger charge is 2.17. The Hall–Kier alpha value is -1.75. The molecule has 0 bridgehead atoms. The van der Waals surface area contributed by atoms with E-state index in [0.717, 1.165) is 17.7 Å². The fourth-order valence-electron chi connectivity index (χ4n) is 2.38. The van der Waals surface area contributed by atoms with Gasteiger partial charge < -0.3 is 10.1 Å². The van der Waals surface area contributed by atoms with Crippen LogP contribution in [0.4, 0.5) is 0 Å². The van der Waals surface area contributed by atoms with Gasteiger partial charge in [0, 0.05) is 11.4 Å². The number of nitrogens with one attached hydrogen (secondary N) is 1. The van der Waals surface area contributed by atoms with Gasteiger partial charge in [-0.05, 0) is 49.4 Å². The minimum absolute atomic E-state index is 0.206. The van der Waals surface area contributed by atoms with Crippen LogP contribution in [-0.2, 0) is 27.2 Å². The average molecular weight is 319 g/mol. The third-order valence-electron chi connectivity index (χ3n) is 3.52. The molecule has 1 aliphatic rings. The topological polar surface area (TPSA) is 55.4 Å². The first-order valence-electron chi connectivity index (χ1n) is 7.43. The van der Waals surface area contributed by atoms with E-state index in [2.05, 4.69) is 24.0 Å². The second kappa shape index (κ2) is 8.03. The van der Waals surface area contributed by atoms with Crippen LogP contribution in [0.25, 0.3) is 0 Å². The molecule has 0 saturated carbocycles. The first kappa shape index (κ1) is 16.6. The number of aryl methyl sites for hydroxylation is 2. The monoisotopic (exact) mass is 319 g/mol. The lowest BCUT2D eigenvalue weighted by Gasteiger charge is -2.12. The van der Waals surface area contributed by atoms with Gasteiger partial charge in [0.2, 0.25) is 0 Å². The van der Waals surface area contributed by atoms with E-state index in [1.807, 2.05) is 6.07 Å². The lowest BCUT2D eigenvalue weighted by atomic mass is 10.1. The molecule has 0 aliphatic heterocycles. The van der Waals surface area contributed by atoms with Crippen LogP contribution in [0.1, 0.15) is 24.5 Å². The second-order valence-electron chi connectivity index (χ2n) is 5.24. The number of ether oxygens (including phenoxy) is 1. The molecular formula is C17H21NO3S. The summed E-state index contributed by atoms with van der Waals surface area (Å²) in [5, 5.41) is 2.60. The summed E-state index contributed by atoms with van der Waals surface area (Å²) in [6.07, 6.45) is 4.28. The molecule has 1 N–H and O–H groups in total. The van der Waals surface area contributed by atoms with E-state index in [-0.39, 0.29) is 17.6 Å². The predicted octanol–water partition coefficient (Wildman–Crippen LogP) is 2.50. The van der Waals surface area contributed by atoms with Gasteiger partial charge in [-0.2, -0.15) is 0 Å². The van der Waals surface area contributed by atoms with Gasteiger partial charge >= 0.3 is 5.97 Å². The Bertz CT molecular complexity index is 571. The first-order chi connectivity index (χ1) is 10.6. The molecule has 0 aromatic heterocycles. The fourth-order valence-corrected chi connectivity index (χ4v) is 3.12. The third kappa shape index (κ3) is 4.63. The molecule has 5 heteroatoms. The van der Waals surface area contributed by atoms with Crippen LogP contribution in [0.3, 0.4) is 0 Å². The SMILES string of the molecule is C=CCNC(=O)[C@H](C)OC(=O)CSc1ccc2c(c1)CCC2. The van der Waals surface area contributed by atoms with Crippen LogP contribution >= 0.6 is 11.8 Å². The number of amides is 1. The Labute approximate surface area is 135 Å². The third-order valence-corrected chi connectivity index (χ3v) is 4.49. The van der Waals surface area contributed by atoms with Crippen LogP contribution in [0.2, 0.25) is 0 Å². The van der Waals surface area contributed by atoms with Gasteiger partial charge in [0.05, 0.1) is 5.75 Å². The van der Waals surface area contributed by atoms with Crippen LogP contribution < -0.4 is 5.32 Å². The van der Waals surface area contributed by atoms with E-state index >= 15 is 0 Å². The number of fused-ring (bicyclic) bond motifs is 1. The van der Waals surface area contributed by atoms with Crippen molar-refractivity contribution >= 4 is 23.6 Å². The van der Waals surface area contributed by atoms with Crippen molar-refractivity contribution in [3.8, 4) is 0 Å². The molecule has 0 radical (unpaired) electrons. The summed E-state index contributed by atoms with van der Waals surface area (Å²) in [6.45, 7) is 5.45. The summed E-state index contributed by atoms with van der Waals surface area (Å²) in [5.74, 6) is -0.486. The molecule has 118 valence electrons. The van der Waals surface area contributed by atoms with Crippen LogP contribution in [0, 0.1) is 0 Å². The largest absolute Gasteiger partial charge is 0.452 e. The van der Waals surface area contributed by atoms with Crippen molar-refractivity contribution in [3.63, 3.8) is 0 Å². The van der Waals surface area contributed by atoms with Gasteiger partial charge in [-0.3, -0.25) is 9.59 Å². The number of hydrogen-bond donors (Lipinski definition) is 1. The van der Waals surface area contributed by atoms with Gasteiger partial charge in [0.1, 0.15) is 0 Å². The molecule has 1 amide bonds. The zero-order chi connectivity index (χ0) is 15.9.